The standard InChI is InChI=1S/C64H111ClN2O3/c65-60-49-47-48-59(56-60)63-66-57-62(58-67-63)70-61-50-45-43-41-39-37-35-33-31-29-27-25-23-21-19-17-15-13-11-9-7-5-3-1-2-4-6-8-10-12-14-16-18-20-22-24-26-28-30-32-34-36-38-40-42-44-46-52-64(53-51-61)68-54-55-69-64/h47-49,56-58,61H,1-46,50-55H2. The van der Waals surface area contributed by atoms with Crippen molar-refractivity contribution in [2.75, 3.05) is 13.2 Å². The molecule has 402 valence electrons. The minimum Gasteiger partial charge on any atom is -0.487 e. The number of rotatable bonds is 3. The summed E-state index contributed by atoms with van der Waals surface area (Å²) in [5, 5.41) is 0.689. The first kappa shape index (κ1) is 60.9. The van der Waals surface area contributed by atoms with Gasteiger partial charge in [-0.25, -0.2) is 9.97 Å². The van der Waals surface area contributed by atoms with Crippen molar-refractivity contribution in [3.05, 3.63) is 41.7 Å². The third-order valence-corrected chi connectivity index (χ3v) is 16.2. The van der Waals surface area contributed by atoms with Gasteiger partial charge in [0.15, 0.2) is 17.4 Å². The van der Waals surface area contributed by atoms with Gasteiger partial charge in [-0.2, -0.15) is 0 Å². The lowest BCUT2D eigenvalue weighted by molar-refractivity contribution is -0.171. The van der Waals surface area contributed by atoms with Crippen LogP contribution in [0.5, 0.6) is 5.75 Å². The van der Waals surface area contributed by atoms with Crippen molar-refractivity contribution in [2.24, 2.45) is 0 Å². The highest BCUT2D eigenvalue weighted by molar-refractivity contribution is 6.30. The van der Waals surface area contributed by atoms with E-state index in [9.17, 15) is 0 Å². The Labute approximate surface area is 438 Å². The van der Waals surface area contributed by atoms with Crippen LogP contribution < -0.4 is 4.74 Å². The average molecular weight is 992 g/mol. The van der Waals surface area contributed by atoms with E-state index in [0.717, 1.165) is 37.0 Å². The molecule has 5 nitrogen and oxygen atoms in total. The highest BCUT2D eigenvalue weighted by Crippen LogP contribution is 2.33. The molecule has 4 rings (SSSR count). The van der Waals surface area contributed by atoms with Gasteiger partial charge in [0.25, 0.3) is 0 Å². The normalized spacial score (nSPS) is 23.5. The van der Waals surface area contributed by atoms with Crippen LogP contribution in [0.4, 0.5) is 0 Å². The third-order valence-electron chi connectivity index (χ3n) is 16.0. The molecule has 2 heterocycles. The Bertz CT molecular complexity index is 1430. The van der Waals surface area contributed by atoms with Crippen LogP contribution in [0, 0.1) is 0 Å². The van der Waals surface area contributed by atoms with Crippen molar-refractivity contribution >= 4 is 11.6 Å². The Balaban J connectivity index is 1.12. The summed E-state index contributed by atoms with van der Waals surface area (Å²) in [6.45, 7) is 1.40. The number of nitrogens with zero attached hydrogens (tertiary/aromatic N) is 2. The molecule has 6 heteroatoms. The molecule has 1 aliphatic heterocycles. The molecule has 0 bridgehead atoms. The monoisotopic (exact) mass is 991 g/mol. The molecule has 2 aliphatic rings. The number of benzene rings is 1. The predicted octanol–water partition coefficient (Wildman–Crippen LogP) is 21.8. The molecule has 2 fully saturated rings. The third kappa shape index (κ3) is 32.5. The lowest BCUT2D eigenvalue weighted by atomic mass is 9.97. The first-order valence-electron chi connectivity index (χ1n) is 31.3. The average Bonchev–Trinajstić information content (AvgIpc) is 3.85. The van der Waals surface area contributed by atoms with Crippen molar-refractivity contribution in [1.29, 1.82) is 0 Å². The molecular formula is C64H111ClN2O3. The van der Waals surface area contributed by atoms with Crippen LogP contribution in [0.15, 0.2) is 36.7 Å². The number of hydrogen-bond acceptors (Lipinski definition) is 5. The lowest BCUT2D eigenvalue weighted by Crippen LogP contribution is -2.32. The fraction of sp³-hybridized carbons (Fsp3) is 0.844. The first-order valence-corrected chi connectivity index (χ1v) is 31.6. The molecule has 1 saturated heterocycles. The zero-order valence-electron chi connectivity index (χ0n) is 45.8. The maximum atomic E-state index is 6.67. The van der Waals surface area contributed by atoms with E-state index in [1.54, 1.807) is 0 Å². The zero-order chi connectivity index (χ0) is 48.9. The maximum absolute atomic E-state index is 6.67. The first-order chi connectivity index (χ1) is 34.7. The summed E-state index contributed by atoms with van der Waals surface area (Å²) in [4.78, 5) is 9.32. The smallest absolute Gasteiger partial charge is 0.168 e. The Morgan fingerprint density at radius 2 is 0.700 bits per heavy atom. The maximum Gasteiger partial charge on any atom is 0.168 e. The van der Waals surface area contributed by atoms with Gasteiger partial charge in [-0.15, -0.1) is 0 Å². The van der Waals surface area contributed by atoms with Crippen LogP contribution in [-0.2, 0) is 9.47 Å². The molecule has 1 aromatic carbocycles. The second-order valence-corrected chi connectivity index (χ2v) is 22.9. The van der Waals surface area contributed by atoms with E-state index in [1.165, 1.54) is 295 Å². The number of ether oxygens (including phenoxy) is 3. The molecule has 0 N–H and O–H groups in total. The van der Waals surface area contributed by atoms with Gasteiger partial charge >= 0.3 is 0 Å². The van der Waals surface area contributed by atoms with E-state index in [2.05, 4.69) is 9.97 Å². The molecule has 1 saturated carbocycles. The summed E-state index contributed by atoms with van der Waals surface area (Å²) in [7, 11) is 0. The van der Waals surface area contributed by atoms with Gasteiger partial charge < -0.3 is 14.2 Å². The summed E-state index contributed by atoms with van der Waals surface area (Å²) >= 11 is 6.26. The van der Waals surface area contributed by atoms with Crippen LogP contribution >= 0.6 is 11.6 Å². The van der Waals surface area contributed by atoms with Gasteiger partial charge in [0, 0.05) is 23.4 Å². The summed E-state index contributed by atoms with van der Waals surface area (Å²) < 4.78 is 19.5. The van der Waals surface area contributed by atoms with Crippen LogP contribution in [0.2, 0.25) is 5.02 Å². The summed E-state index contributed by atoms with van der Waals surface area (Å²) in [6.07, 6.45) is 73.1. The summed E-state index contributed by atoms with van der Waals surface area (Å²) in [6, 6.07) is 7.72. The van der Waals surface area contributed by atoms with Crippen LogP contribution in [0.25, 0.3) is 11.4 Å². The Morgan fingerprint density at radius 1 is 0.386 bits per heavy atom. The molecule has 1 aliphatic carbocycles. The minimum atomic E-state index is -0.462. The van der Waals surface area contributed by atoms with Crippen molar-refractivity contribution in [1.82, 2.24) is 9.97 Å². The van der Waals surface area contributed by atoms with E-state index in [1.807, 2.05) is 36.7 Å². The van der Waals surface area contributed by atoms with E-state index < -0.39 is 5.79 Å². The number of hydrogen-bond donors (Lipinski definition) is 0. The van der Waals surface area contributed by atoms with Gasteiger partial charge in [-0.3, -0.25) is 0 Å². The van der Waals surface area contributed by atoms with E-state index in [0.29, 0.717) is 24.1 Å². The Kier molecular flexibility index (Phi) is 38.0. The van der Waals surface area contributed by atoms with Crippen LogP contribution in [-0.4, -0.2) is 35.1 Å². The highest BCUT2D eigenvalue weighted by atomic mass is 35.5. The van der Waals surface area contributed by atoms with Gasteiger partial charge in [0.2, 0.25) is 0 Å². The number of halogens is 1. The molecule has 1 aromatic heterocycles. The zero-order valence-corrected chi connectivity index (χ0v) is 46.6. The largest absolute Gasteiger partial charge is 0.487 e. The molecule has 1 atom stereocenters. The fourth-order valence-electron chi connectivity index (χ4n) is 11.4. The molecule has 1 unspecified atom stereocenters. The molecule has 2 aromatic rings. The van der Waals surface area contributed by atoms with E-state index in [-0.39, 0.29) is 6.10 Å². The van der Waals surface area contributed by atoms with Gasteiger partial charge in [-0.1, -0.05) is 306 Å². The minimum absolute atomic E-state index is 0.0847. The van der Waals surface area contributed by atoms with Crippen molar-refractivity contribution < 1.29 is 14.2 Å². The van der Waals surface area contributed by atoms with Crippen molar-refractivity contribution in [2.45, 2.75) is 333 Å². The molecular weight excluding hydrogens is 880 g/mol. The lowest BCUT2D eigenvalue weighted by Gasteiger charge is -2.29. The van der Waals surface area contributed by atoms with Crippen LogP contribution in [0.1, 0.15) is 321 Å². The highest BCUT2D eigenvalue weighted by Gasteiger charge is 2.36. The second kappa shape index (κ2) is 43.7. The molecule has 0 radical (unpaired) electrons. The van der Waals surface area contributed by atoms with Gasteiger partial charge in [0.05, 0.1) is 31.7 Å². The van der Waals surface area contributed by atoms with Crippen molar-refractivity contribution in [3.63, 3.8) is 0 Å². The molecule has 70 heavy (non-hydrogen) atoms. The molecule has 1 spiro atoms. The fourth-order valence-corrected chi connectivity index (χ4v) is 11.6. The summed E-state index contributed by atoms with van der Waals surface area (Å²) in [5.41, 5.74) is 0.916. The van der Waals surface area contributed by atoms with Crippen LogP contribution in [0.3, 0.4) is 0 Å². The second-order valence-electron chi connectivity index (χ2n) is 22.4. The van der Waals surface area contributed by atoms with Crippen molar-refractivity contribution in [3.8, 4) is 17.1 Å². The Hall–Kier alpha value is -1.69. The summed E-state index contributed by atoms with van der Waals surface area (Å²) in [5.74, 6) is 0.938. The van der Waals surface area contributed by atoms with Gasteiger partial charge in [0.1, 0.15) is 0 Å². The molecule has 0 amide bonds. The number of aromatic nitrogens is 2. The Morgan fingerprint density at radius 3 is 1.03 bits per heavy atom. The van der Waals surface area contributed by atoms with Gasteiger partial charge in [-0.05, 0) is 37.8 Å². The SMILES string of the molecule is Clc1cccc(-c2ncc(OC3CCCCCCCCCCCCCCCCCCCCCCCCCCCCCCCCCCCCCCCCCCCCCCCCC4(CC3)OCCO4)cn2)c1. The topological polar surface area (TPSA) is 53.5 Å². The van der Waals surface area contributed by atoms with E-state index >= 15 is 0 Å². The predicted molar refractivity (Wildman–Crippen MR) is 302 cm³/mol. The quantitative estimate of drug-likeness (QED) is 0.307. The van der Waals surface area contributed by atoms with E-state index in [4.69, 9.17) is 25.8 Å².